The van der Waals surface area contributed by atoms with E-state index in [2.05, 4.69) is 4.98 Å². The second-order valence-electron chi connectivity index (χ2n) is 8.99. The lowest BCUT2D eigenvalue weighted by molar-refractivity contribution is -0.135. The number of ether oxygens (including phenoxy) is 2. The molecule has 1 aromatic heterocycles. The van der Waals surface area contributed by atoms with Crippen LogP contribution in [0.25, 0.3) is 0 Å². The Morgan fingerprint density at radius 3 is 2.22 bits per heavy atom. The Morgan fingerprint density at radius 1 is 1.03 bits per heavy atom. The summed E-state index contributed by atoms with van der Waals surface area (Å²) < 4.78 is 39.7. The van der Waals surface area contributed by atoms with Crippen molar-refractivity contribution in [1.82, 2.24) is 18.6 Å². The molecule has 0 atom stereocenters. The minimum atomic E-state index is -3.72. The molecule has 37 heavy (non-hydrogen) atoms. The Labute approximate surface area is 225 Å². The smallest absolute Gasteiger partial charge is 0.248 e. The van der Waals surface area contributed by atoms with Crippen molar-refractivity contribution >= 4 is 33.5 Å². The SMILES string of the molecule is COc1cc(C)c(S(=O)(=O)N(C)CCOCC(=O)N(C)Cc2ccc(N(C)CCN(C)Cl)nc2)c(C)c1. The molecule has 0 radical (unpaired) electrons. The number of likely N-dealkylation sites (N-methyl/N-ethyl adjacent to an activating group) is 4. The van der Waals surface area contributed by atoms with Gasteiger partial charge in [-0.1, -0.05) is 6.07 Å². The first-order valence-corrected chi connectivity index (χ1v) is 13.6. The molecule has 0 saturated heterocycles. The van der Waals surface area contributed by atoms with Gasteiger partial charge in [0, 0.05) is 60.6 Å². The van der Waals surface area contributed by atoms with Crippen molar-refractivity contribution in [2.75, 3.05) is 73.0 Å². The van der Waals surface area contributed by atoms with Crippen LogP contribution in [0.1, 0.15) is 16.7 Å². The Balaban J connectivity index is 1.83. The van der Waals surface area contributed by atoms with Crippen LogP contribution in [-0.2, 0) is 26.1 Å². The Morgan fingerprint density at radius 2 is 1.68 bits per heavy atom. The van der Waals surface area contributed by atoms with Gasteiger partial charge in [0.25, 0.3) is 0 Å². The summed E-state index contributed by atoms with van der Waals surface area (Å²) >= 11 is 5.85. The minimum Gasteiger partial charge on any atom is -0.497 e. The third kappa shape index (κ3) is 8.82. The number of aromatic nitrogens is 1. The molecule has 0 aliphatic carbocycles. The van der Waals surface area contributed by atoms with Crippen molar-refractivity contribution in [2.24, 2.45) is 0 Å². The molecule has 0 unspecified atom stereocenters. The maximum atomic E-state index is 13.1. The molecule has 0 aliphatic rings. The number of rotatable bonds is 14. The second kappa shape index (κ2) is 13.9. The number of benzene rings is 1. The van der Waals surface area contributed by atoms with E-state index in [1.54, 1.807) is 62.7 Å². The lowest BCUT2D eigenvalue weighted by Crippen LogP contribution is -2.33. The Bertz CT molecular complexity index is 1120. The van der Waals surface area contributed by atoms with Crippen molar-refractivity contribution in [3.8, 4) is 5.75 Å². The molecule has 1 aromatic carbocycles. The van der Waals surface area contributed by atoms with Crippen LogP contribution in [0.4, 0.5) is 5.82 Å². The van der Waals surface area contributed by atoms with Crippen LogP contribution in [0.3, 0.4) is 0 Å². The van der Waals surface area contributed by atoms with Gasteiger partial charge in [0.15, 0.2) is 0 Å². The van der Waals surface area contributed by atoms with Gasteiger partial charge in [0.1, 0.15) is 18.2 Å². The summed E-state index contributed by atoms with van der Waals surface area (Å²) in [5, 5.41) is 0. The number of halogens is 1. The van der Waals surface area contributed by atoms with Gasteiger partial charge in [-0.25, -0.2) is 17.8 Å². The highest BCUT2D eigenvalue weighted by Crippen LogP contribution is 2.27. The van der Waals surface area contributed by atoms with Crippen molar-refractivity contribution < 1.29 is 22.7 Å². The van der Waals surface area contributed by atoms with Crippen LogP contribution in [-0.4, -0.2) is 101 Å². The van der Waals surface area contributed by atoms with E-state index in [1.807, 2.05) is 24.1 Å². The van der Waals surface area contributed by atoms with Crippen molar-refractivity contribution in [2.45, 2.75) is 25.3 Å². The molecule has 0 aliphatic heterocycles. The highest BCUT2D eigenvalue weighted by Gasteiger charge is 2.25. The molecule has 12 heteroatoms. The number of amides is 1. The summed E-state index contributed by atoms with van der Waals surface area (Å²) in [6.45, 7) is 5.34. The van der Waals surface area contributed by atoms with E-state index in [0.29, 0.717) is 30.0 Å². The zero-order chi connectivity index (χ0) is 27.8. The van der Waals surface area contributed by atoms with Crippen LogP contribution in [0, 0.1) is 13.8 Å². The minimum absolute atomic E-state index is 0.0869. The number of nitrogens with zero attached hydrogens (tertiary/aromatic N) is 5. The second-order valence-corrected chi connectivity index (χ2v) is 11.6. The topological polar surface area (TPSA) is 95.5 Å². The fraction of sp³-hybridized carbons (Fsp3) is 0.520. The predicted molar refractivity (Wildman–Crippen MR) is 146 cm³/mol. The first-order valence-electron chi connectivity index (χ1n) is 11.8. The van der Waals surface area contributed by atoms with E-state index in [1.165, 1.54) is 11.4 Å². The summed E-state index contributed by atoms with van der Waals surface area (Å²) in [5.41, 5.74) is 2.11. The molecule has 1 heterocycles. The fourth-order valence-corrected chi connectivity index (χ4v) is 5.31. The highest BCUT2D eigenvalue weighted by molar-refractivity contribution is 7.89. The van der Waals surface area contributed by atoms with Crippen molar-refractivity contribution in [3.05, 3.63) is 47.2 Å². The maximum Gasteiger partial charge on any atom is 0.248 e. The van der Waals surface area contributed by atoms with E-state index in [4.69, 9.17) is 21.3 Å². The molecule has 206 valence electrons. The van der Waals surface area contributed by atoms with Gasteiger partial charge in [-0.05, 0) is 60.5 Å². The standard InChI is InChI=1S/C25H38ClN5O5S/c1-19-14-22(35-7)15-20(2)25(19)37(33,34)31(6)12-13-36-18-24(32)29(4)17-21-8-9-23(27-16-21)28(3)10-11-30(5)26/h8-9,14-16H,10-13,17-18H2,1-7H3. The fourth-order valence-electron chi connectivity index (χ4n) is 3.67. The number of methoxy groups -OCH3 is 1. The lowest BCUT2D eigenvalue weighted by atomic mass is 10.1. The largest absolute Gasteiger partial charge is 0.497 e. The summed E-state index contributed by atoms with van der Waals surface area (Å²) in [5.74, 6) is 1.22. The molecule has 0 fully saturated rings. The molecule has 0 N–H and O–H groups in total. The lowest BCUT2D eigenvalue weighted by Gasteiger charge is -2.21. The normalized spacial score (nSPS) is 11.7. The third-order valence-corrected chi connectivity index (χ3v) is 8.24. The first kappa shape index (κ1) is 30.8. The average molecular weight is 556 g/mol. The molecule has 2 aromatic rings. The van der Waals surface area contributed by atoms with E-state index in [-0.39, 0.29) is 30.6 Å². The van der Waals surface area contributed by atoms with E-state index >= 15 is 0 Å². The number of sulfonamides is 1. The summed E-state index contributed by atoms with van der Waals surface area (Å²) in [6.07, 6.45) is 1.74. The van der Waals surface area contributed by atoms with Crippen LogP contribution in [0.15, 0.2) is 35.4 Å². The first-order chi connectivity index (χ1) is 17.4. The molecular weight excluding hydrogens is 518 g/mol. The molecule has 2 rings (SSSR count). The zero-order valence-corrected chi connectivity index (χ0v) is 24.3. The number of anilines is 1. The molecule has 10 nitrogen and oxygen atoms in total. The van der Waals surface area contributed by atoms with Crippen LogP contribution in [0.2, 0.25) is 0 Å². The van der Waals surface area contributed by atoms with Gasteiger partial charge in [0.2, 0.25) is 15.9 Å². The van der Waals surface area contributed by atoms with Gasteiger partial charge in [-0.2, -0.15) is 4.31 Å². The number of pyridine rings is 1. The van der Waals surface area contributed by atoms with E-state index < -0.39 is 10.0 Å². The number of hydrogen-bond acceptors (Lipinski definition) is 8. The van der Waals surface area contributed by atoms with Crippen LogP contribution < -0.4 is 9.64 Å². The summed E-state index contributed by atoms with van der Waals surface area (Å²) in [6, 6.07) is 7.22. The number of aryl methyl sites for hydroxylation is 2. The molecule has 1 amide bonds. The predicted octanol–water partition coefficient (Wildman–Crippen LogP) is 2.52. The molecule has 0 saturated carbocycles. The zero-order valence-electron chi connectivity index (χ0n) is 22.7. The Kier molecular flexibility index (Phi) is 11.6. The Hall–Kier alpha value is -2.44. The molecular formula is C25H38ClN5O5S. The maximum absolute atomic E-state index is 13.1. The van der Waals surface area contributed by atoms with E-state index in [9.17, 15) is 13.2 Å². The summed E-state index contributed by atoms with van der Waals surface area (Å²) in [4.78, 5) is 20.8. The average Bonchev–Trinajstić information content (AvgIpc) is 2.84. The third-order valence-electron chi connectivity index (χ3n) is 5.90. The van der Waals surface area contributed by atoms with Gasteiger partial charge in [-0.3, -0.25) is 4.79 Å². The molecule has 0 spiro atoms. The van der Waals surface area contributed by atoms with Gasteiger partial charge in [-0.15, -0.1) is 0 Å². The number of hydrogen-bond donors (Lipinski definition) is 0. The van der Waals surface area contributed by atoms with Crippen molar-refractivity contribution in [3.63, 3.8) is 0 Å². The van der Waals surface area contributed by atoms with Gasteiger partial charge in [0.05, 0.1) is 18.6 Å². The van der Waals surface area contributed by atoms with Crippen molar-refractivity contribution in [1.29, 1.82) is 0 Å². The van der Waals surface area contributed by atoms with Gasteiger partial charge < -0.3 is 19.3 Å². The quantitative estimate of drug-likeness (QED) is 0.259. The van der Waals surface area contributed by atoms with E-state index in [0.717, 1.165) is 17.9 Å². The summed E-state index contributed by atoms with van der Waals surface area (Å²) in [7, 11) is 4.75. The monoisotopic (exact) mass is 555 g/mol. The molecule has 0 bridgehead atoms. The number of carbonyl (C=O) groups excluding carboxylic acids is 1. The van der Waals surface area contributed by atoms with Crippen LogP contribution >= 0.6 is 11.8 Å². The van der Waals surface area contributed by atoms with Crippen LogP contribution in [0.5, 0.6) is 5.75 Å². The van der Waals surface area contributed by atoms with Gasteiger partial charge >= 0.3 is 0 Å². The highest BCUT2D eigenvalue weighted by atomic mass is 35.5. The number of carbonyl (C=O) groups is 1.